The number of halogens is 1. The van der Waals surface area contributed by atoms with Crippen molar-refractivity contribution in [1.29, 1.82) is 0 Å². The summed E-state index contributed by atoms with van der Waals surface area (Å²) in [7, 11) is 0. The lowest BCUT2D eigenvalue weighted by Crippen LogP contribution is -2.32. The molecular weight excluding hydrogens is 245 g/mol. The summed E-state index contributed by atoms with van der Waals surface area (Å²) in [6, 6.07) is 6.29. The van der Waals surface area contributed by atoms with Gasteiger partial charge in [-0.1, -0.05) is 32.4 Å². The van der Waals surface area contributed by atoms with Crippen molar-refractivity contribution < 1.29 is 14.3 Å². The quantitative estimate of drug-likeness (QED) is 0.797. The normalized spacial score (nSPS) is 13.9. The van der Waals surface area contributed by atoms with Crippen LogP contribution in [0.3, 0.4) is 0 Å². The topological polar surface area (TPSA) is 49.3 Å². The van der Waals surface area contributed by atoms with Gasteiger partial charge in [-0.15, -0.1) is 0 Å². The van der Waals surface area contributed by atoms with Gasteiger partial charge in [0.05, 0.1) is 6.10 Å². The van der Waals surface area contributed by atoms with Crippen LogP contribution in [-0.2, 0) is 4.79 Å². The highest BCUT2D eigenvalue weighted by atomic mass is 19.1. The van der Waals surface area contributed by atoms with Crippen LogP contribution in [0.25, 0.3) is 0 Å². The number of hydrogen-bond acceptors (Lipinski definition) is 2. The van der Waals surface area contributed by atoms with Gasteiger partial charge >= 0.3 is 0 Å². The van der Waals surface area contributed by atoms with Crippen LogP contribution in [0.1, 0.15) is 44.6 Å². The third kappa shape index (κ3) is 5.83. The van der Waals surface area contributed by atoms with Gasteiger partial charge in [0.25, 0.3) is 0 Å². The zero-order chi connectivity index (χ0) is 14.3. The predicted octanol–water partition coefficient (Wildman–Crippen LogP) is 2.60. The summed E-state index contributed by atoms with van der Waals surface area (Å²) in [5, 5.41) is 12.2. The summed E-state index contributed by atoms with van der Waals surface area (Å²) in [5.41, 5.74) is 0.809. The average Bonchev–Trinajstić information content (AvgIpc) is 2.36. The Morgan fingerprint density at radius 2 is 2.21 bits per heavy atom. The van der Waals surface area contributed by atoms with Crippen LogP contribution in [0.5, 0.6) is 0 Å². The van der Waals surface area contributed by atoms with Gasteiger partial charge < -0.3 is 10.4 Å². The Kier molecular flexibility index (Phi) is 6.50. The van der Waals surface area contributed by atoms with Crippen LogP contribution in [0.15, 0.2) is 24.3 Å². The molecule has 19 heavy (non-hydrogen) atoms. The van der Waals surface area contributed by atoms with Crippen molar-refractivity contribution in [2.45, 2.75) is 45.1 Å². The van der Waals surface area contributed by atoms with Gasteiger partial charge in [0.1, 0.15) is 5.82 Å². The van der Waals surface area contributed by atoms with E-state index in [1.54, 1.807) is 6.07 Å². The van der Waals surface area contributed by atoms with Crippen molar-refractivity contribution in [2.24, 2.45) is 0 Å². The van der Waals surface area contributed by atoms with E-state index >= 15 is 0 Å². The van der Waals surface area contributed by atoms with Crippen molar-refractivity contribution in [3.05, 3.63) is 35.6 Å². The molecular formula is C15H22FNO2. The largest absolute Gasteiger partial charge is 0.391 e. The summed E-state index contributed by atoms with van der Waals surface area (Å²) in [4.78, 5) is 11.7. The summed E-state index contributed by atoms with van der Waals surface area (Å²) >= 11 is 0. The molecule has 0 aliphatic heterocycles. The van der Waals surface area contributed by atoms with Crippen molar-refractivity contribution in [1.82, 2.24) is 5.32 Å². The minimum absolute atomic E-state index is 0.0426. The van der Waals surface area contributed by atoms with Gasteiger partial charge in [0, 0.05) is 13.0 Å². The Labute approximate surface area is 113 Å². The Morgan fingerprint density at radius 1 is 1.47 bits per heavy atom. The second-order valence-corrected chi connectivity index (χ2v) is 4.91. The van der Waals surface area contributed by atoms with Gasteiger partial charge in [-0.3, -0.25) is 4.79 Å². The molecule has 2 atom stereocenters. The number of carbonyl (C=O) groups is 1. The van der Waals surface area contributed by atoms with Crippen LogP contribution in [-0.4, -0.2) is 23.7 Å². The molecule has 0 fully saturated rings. The molecule has 106 valence electrons. The molecule has 1 rings (SSSR count). The molecule has 1 aromatic rings. The van der Waals surface area contributed by atoms with Gasteiger partial charge in [-0.05, 0) is 30.0 Å². The summed E-state index contributed by atoms with van der Waals surface area (Å²) < 4.78 is 13.1. The molecule has 0 saturated heterocycles. The van der Waals surface area contributed by atoms with Crippen molar-refractivity contribution in [2.75, 3.05) is 6.54 Å². The number of hydrogen-bond donors (Lipinski definition) is 2. The Hall–Kier alpha value is -1.42. The number of aliphatic hydroxyl groups excluding tert-OH is 1. The number of amides is 1. The second kappa shape index (κ2) is 7.89. The predicted molar refractivity (Wildman–Crippen MR) is 73.4 cm³/mol. The highest BCUT2D eigenvalue weighted by Gasteiger charge is 2.12. The Morgan fingerprint density at radius 3 is 2.84 bits per heavy atom. The average molecular weight is 267 g/mol. The van der Waals surface area contributed by atoms with Crippen LogP contribution < -0.4 is 5.32 Å². The van der Waals surface area contributed by atoms with E-state index in [1.807, 2.05) is 19.9 Å². The molecule has 2 unspecified atom stereocenters. The number of rotatable bonds is 7. The van der Waals surface area contributed by atoms with Crippen LogP contribution in [0.2, 0.25) is 0 Å². The lowest BCUT2D eigenvalue weighted by Gasteiger charge is -2.14. The Bertz CT molecular complexity index is 409. The first kappa shape index (κ1) is 15.6. The highest BCUT2D eigenvalue weighted by molar-refractivity contribution is 5.76. The smallest absolute Gasteiger partial charge is 0.220 e. The number of nitrogens with one attached hydrogen (secondary N) is 1. The standard InChI is InChI=1S/C15H22FNO2/c1-3-5-14(18)10-17-15(19)8-11(2)12-6-4-7-13(16)9-12/h4,6-7,9,11,14,18H,3,5,8,10H2,1-2H3,(H,17,19). The minimum atomic E-state index is -0.488. The molecule has 0 aromatic heterocycles. The third-order valence-corrected chi connectivity index (χ3v) is 3.07. The monoisotopic (exact) mass is 267 g/mol. The third-order valence-electron chi connectivity index (χ3n) is 3.07. The van der Waals surface area contributed by atoms with Crippen molar-refractivity contribution >= 4 is 5.91 Å². The molecule has 0 saturated carbocycles. The zero-order valence-electron chi connectivity index (χ0n) is 11.5. The van der Waals surface area contributed by atoms with Crippen LogP contribution >= 0.6 is 0 Å². The molecule has 0 heterocycles. The van der Waals surface area contributed by atoms with Crippen LogP contribution in [0.4, 0.5) is 4.39 Å². The molecule has 0 aliphatic carbocycles. The Balaban J connectivity index is 2.40. The lowest BCUT2D eigenvalue weighted by molar-refractivity contribution is -0.121. The van der Waals surface area contributed by atoms with E-state index in [4.69, 9.17) is 0 Å². The molecule has 0 aliphatic rings. The first-order valence-corrected chi connectivity index (χ1v) is 6.73. The maximum Gasteiger partial charge on any atom is 0.220 e. The fourth-order valence-electron chi connectivity index (χ4n) is 1.95. The number of carbonyl (C=O) groups excluding carboxylic acids is 1. The van der Waals surface area contributed by atoms with E-state index in [1.165, 1.54) is 12.1 Å². The molecule has 1 aromatic carbocycles. The summed E-state index contributed by atoms with van der Waals surface area (Å²) in [5.74, 6) is -0.450. The first-order chi connectivity index (χ1) is 9.02. The van der Waals surface area contributed by atoms with E-state index in [0.29, 0.717) is 12.8 Å². The van der Waals surface area contributed by atoms with E-state index in [-0.39, 0.29) is 24.2 Å². The summed E-state index contributed by atoms with van der Waals surface area (Å²) in [6.07, 6.45) is 1.37. The van der Waals surface area contributed by atoms with Gasteiger partial charge in [0.2, 0.25) is 5.91 Å². The summed E-state index contributed by atoms with van der Waals surface area (Å²) in [6.45, 7) is 4.15. The fourth-order valence-corrected chi connectivity index (χ4v) is 1.95. The van der Waals surface area contributed by atoms with Crippen molar-refractivity contribution in [3.63, 3.8) is 0 Å². The van der Waals surface area contributed by atoms with Gasteiger partial charge in [-0.2, -0.15) is 0 Å². The highest BCUT2D eigenvalue weighted by Crippen LogP contribution is 2.19. The molecule has 3 nitrogen and oxygen atoms in total. The zero-order valence-corrected chi connectivity index (χ0v) is 11.5. The van der Waals surface area contributed by atoms with Crippen molar-refractivity contribution in [3.8, 4) is 0 Å². The van der Waals surface area contributed by atoms with Crippen LogP contribution in [0, 0.1) is 5.82 Å². The molecule has 2 N–H and O–H groups in total. The number of benzene rings is 1. The fraction of sp³-hybridized carbons (Fsp3) is 0.533. The minimum Gasteiger partial charge on any atom is -0.391 e. The van der Waals surface area contributed by atoms with E-state index < -0.39 is 6.10 Å². The molecule has 0 radical (unpaired) electrons. The molecule has 4 heteroatoms. The molecule has 1 amide bonds. The number of aliphatic hydroxyl groups is 1. The van der Waals surface area contributed by atoms with Gasteiger partial charge in [0.15, 0.2) is 0 Å². The molecule has 0 spiro atoms. The maximum atomic E-state index is 13.1. The second-order valence-electron chi connectivity index (χ2n) is 4.91. The maximum absolute atomic E-state index is 13.1. The van der Waals surface area contributed by atoms with E-state index in [2.05, 4.69) is 5.32 Å². The van der Waals surface area contributed by atoms with Gasteiger partial charge in [-0.25, -0.2) is 4.39 Å². The first-order valence-electron chi connectivity index (χ1n) is 6.73. The van der Waals surface area contributed by atoms with E-state index in [0.717, 1.165) is 12.0 Å². The van der Waals surface area contributed by atoms with E-state index in [9.17, 15) is 14.3 Å². The lowest BCUT2D eigenvalue weighted by atomic mass is 9.97. The molecule has 0 bridgehead atoms. The SMILES string of the molecule is CCCC(O)CNC(=O)CC(C)c1cccc(F)c1.